The Hall–Kier alpha value is -2.61. The molecule has 2 rings (SSSR count). The Morgan fingerprint density at radius 2 is 1.59 bits per heavy atom. The minimum Gasteiger partial charge on any atom is -0.496 e. The summed E-state index contributed by atoms with van der Waals surface area (Å²) < 4.78 is 45.6. The van der Waals surface area contributed by atoms with Gasteiger partial charge in [-0.3, -0.25) is 4.79 Å². The van der Waals surface area contributed by atoms with Gasteiger partial charge < -0.3 is 18.9 Å². The van der Waals surface area contributed by atoms with Crippen LogP contribution in [0.4, 0.5) is 8.78 Å². The van der Waals surface area contributed by atoms with Crippen LogP contribution in [0.5, 0.6) is 23.0 Å². The molecule has 0 radical (unpaired) electrons. The second-order valence-electron chi connectivity index (χ2n) is 5.18. The predicted molar refractivity (Wildman–Crippen MR) is 100 cm³/mol. The van der Waals surface area contributed by atoms with Crippen LogP contribution in [0.25, 0.3) is 6.08 Å². The molecule has 0 unspecified atom stereocenters. The van der Waals surface area contributed by atoms with E-state index in [1.807, 2.05) is 0 Å². The van der Waals surface area contributed by atoms with E-state index in [2.05, 4.69) is 20.7 Å². The van der Waals surface area contributed by atoms with E-state index in [0.29, 0.717) is 21.3 Å². The largest absolute Gasteiger partial charge is 0.496 e. The van der Waals surface area contributed by atoms with E-state index in [1.165, 1.54) is 45.6 Å². The average Bonchev–Trinajstić information content (AvgIpc) is 2.66. The van der Waals surface area contributed by atoms with E-state index in [9.17, 15) is 13.6 Å². The minimum absolute atomic E-state index is 0.0638. The maximum atomic E-state index is 12.6. The van der Waals surface area contributed by atoms with Crippen molar-refractivity contribution in [3.63, 3.8) is 0 Å². The van der Waals surface area contributed by atoms with Gasteiger partial charge in [-0.2, -0.15) is 8.78 Å². The van der Waals surface area contributed by atoms with Crippen LogP contribution in [0.1, 0.15) is 15.9 Å². The standard InChI is InChI=1S/C19H17BrF2O5/c1-24-15-7-5-12(10-13(15)20)14(23)6-4-11-8-16(25-2)18(27-19(21)22)17(9-11)26-3/h4-10,19H,1-3H3/b6-4+. The molecule has 0 aromatic heterocycles. The van der Waals surface area contributed by atoms with E-state index in [-0.39, 0.29) is 23.0 Å². The Morgan fingerprint density at radius 1 is 1.00 bits per heavy atom. The van der Waals surface area contributed by atoms with Gasteiger partial charge in [-0.1, -0.05) is 6.08 Å². The van der Waals surface area contributed by atoms with Crippen LogP contribution < -0.4 is 18.9 Å². The van der Waals surface area contributed by atoms with Gasteiger partial charge in [-0.05, 0) is 57.9 Å². The zero-order chi connectivity index (χ0) is 20.0. The first-order valence-electron chi connectivity index (χ1n) is 7.66. The second kappa shape index (κ2) is 9.36. The lowest BCUT2D eigenvalue weighted by atomic mass is 10.1. The number of ketones is 1. The van der Waals surface area contributed by atoms with Gasteiger partial charge in [0, 0.05) is 5.56 Å². The summed E-state index contributed by atoms with van der Waals surface area (Å²) in [5.74, 6) is 0.282. The van der Waals surface area contributed by atoms with Crippen LogP contribution in [0, 0.1) is 0 Å². The Bertz CT molecular complexity index is 827. The van der Waals surface area contributed by atoms with Crippen molar-refractivity contribution in [1.29, 1.82) is 0 Å². The number of hydrogen-bond acceptors (Lipinski definition) is 5. The molecule has 0 saturated carbocycles. The smallest absolute Gasteiger partial charge is 0.387 e. The highest BCUT2D eigenvalue weighted by molar-refractivity contribution is 9.10. The second-order valence-corrected chi connectivity index (χ2v) is 6.03. The maximum Gasteiger partial charge on any atom is 0.387 e. The summed E-state index contributed by atoms with van der Waals surface area (Å²) in [5.41, 5.74) is 0.974. The number of allylic oxidation sites excluding steroid dienone is 1. The van der Waals surface area contributed by atoms with E-state index in [0.717, 1.165) is 0 Å². The normalized spacial score (nSPS) is 10.9. The molecular formula is C19H17BrF2O5. The zero-order valence-electron chi connectivity index (χ0n) is 14.8. The maximum absolute atomic E-state index is 12.6. The third-order valence-electron chi connectivity index (χ3n) is 3.55. The molecule has 2 aromatic carbocycles. The lowest BCUT2D eigenvalue weighted by Gasteiger charge is -2.14. The molecule has 0 saturated heterocycles. The molecular weight excluding hydrogens is 426 g/mol. The lowest BCUT2D eigenvalue weighted by molar-refractivity contribution is -0.0526. The van der Waals surface area contributed by atoms with Crippen LogP contribution >= 0.6 is 15.9 Å². The number of methoxy groups -OCH3 is 3. The molecule has 0 atom stereocenters. The first kappa shape index (κ1) is 20.7. The van der Waals surface area contributed by atoms with Gasteiger partial charge in [-0.15, -0.1) is 0 Å². The van der Waals surface area contributed by atoms with Crippen molar-refractivity contribution < 1.29 is 32.5 Å². The number of benzene rings is 2. The van der Waals surface area contributed by atoms with Crippen molar-refractivity contribution in [2.45, 2.75) is 6.61 Å². The summed E-state index contributed by atoms with van der Waals surface area (Å²) in [6.07, 6.45) is 2.88. The van der Waals surface area contributed by atoms with Crippen LogP contribution in [-0.2, 0) is 0 Å². The van der Waals surface area contributed by atoms with Gasteiger partial charge in [0.2, 0.25) is 5.75 Å². The fourth-order valence-electron chi connectivity index (χ4n) is 2.29. The van der Waals surface area contributed by atoms with Crippen molar-refractivity contribution in [2.75, 3.05) is 21.3 Å². The fraction of sp³-hybridized carbons (Fsp3) is 0.211. The third-order valence-corrected chi connectivity index (χ3v) is 4.17. The number of halogens is 3. The van der Waals surface area contributed by atoms with Gasteiger partial charge in [-0.25, -0.2) is 0 Å². The third kappa shape index (κ3) is 5.19. The van der Waals surface area contributed by atoms with Crippen LogP contribution in [0.3, 0.4) is 0 Å². The number of rotatable bonds is 8. The van der Waals surface area contributed by atoms with Crippen molar-refractivity contribution in [1.82, 2.24) is 0 Å². The summed E-state index contributed by atoms with van der Waals surface area (Å²) in [4.78, 5) is 12.4. The molecule has 0 aliphatic heterocycles. The highest BCUT2D eigenvalue weighted by atomic mass is 79.9. The number of ether oxygens (including phenoxy) is 4. The van der Waals surface area contributed by atoms with E-state index >= 15 is 0 Å². The molecule has 27 heavy (non-hydrogen) atoms. The number of hydrogen-bond donors (Lipinski definition) is 0. The summed E-state index contributed by atoms with van der Waals surface area (Å²) >= 11 is 3.33. The molecule has 0 aliphatic carbocycles. The quantitative estimate of drug-likeness (QED) is 0.426. The van der Waals surface area contributed by atoms with Gasteiger partial charge in [0.05, 0.1) is 25.8 Å². The van der Waals surface area contributed by atoms with Gasteiger partial charge >= 0.3 is 6.61 Å². The van der Waals surface area contributed by atoms with Gasteiger partial charge in [0.15, 0.2) is 17.3 Å². The Labute approximate surface area is 163 Å². The van der Waals surface area contributed by atoms with Gasteiger partial charge in [0.25, 0.3) is 0 Å². The molecule has 144 valence electrons. The molecule has 0 aliphatic rings. The first-order valence-corrected chi connectivity index (χ1v) is 8.45. The van der Waals surface area contributed by atoms with Crippen LogP contribution in [0.2, 0.25) is 0 Å². The molecule has 5 nitrogen and oxygen atoms in total. The Kier molecular flexibility index (Phi) is 7.18. The van der Waals surface area contributed by atoms with Crippen molar-refractivity contribution in [3.05, 3.63) is 52.0 Å². The Balaban J connectivity index is 2.30. The van der Waals surface area contributed by atoms with Crippen LogP contribution in [-0.4, -0.2) is 33.7 Å². The number of carbonyl (C=O) groups is 1. The predicted octanol–water partition coefficient (Wildman–Crippen LogP) is 4.97. The highest BCUT2D eigenvalue weighted by Gasteiger charge is 2.17. The fourth-order valence-corrected chi connectivity index (χ4v) is 2.83. The summed E-state index contributed by atoms with van der Waals surface area (Å²) in [6, 6.07) is 7.89. The van der Waals surface area contributed by atoms with Crippen molar-refractivity contribution in [2.24, 2.45) is 0 Å². The highest BCUT2D eigenvalue weighted by Crippen LogP contribution is 2.39. The summed E-state index contributed by atoms with van der Waals surface area (Å²) in [6.45, 7) is -3.02. The minimum atomic E-state index is -3.02. The molecule has 8 heteroatoms. The van der Waals surface area contributed by atoms with Crippen LogP contribution in [0.15, 0.2) is 40.9 Å². The van der Waals surface area contributed by atoms with Crippen molar-refractivity contribution >= 4 is 27.8 Å². The zero-order valence-corrected chi connectivity index (χ0v) is 16.4. The van der Waals surface area contributed by atoms with E-state index in [4.69, 9.17) is 14.2 Å². The van der Waals surface area contributed by atoms with Gasteiger partial charge in [0.1, 0.15) is 5.75 Å². The number of alkyl halides is 2. The number of carbonyl (C=O) groups excluding carboxylic acids is 1. The Morgan fingerprint density at radius 3 is 2.07 bits per heavy atom. The monoisotopic (exact) mass is 442 g/mol. The topological polar surface area (TPSA) is 54.0 Å². The molecule has 0 bridgehead atoms. The molecule has 0 fully saturated rings. The molecule has 2 aromatic rings. The summed E-state index contributed by atoms with van der Waals surface area (Å²) in [7, 11) is 4.17. The molecule has 0 spiro atoms. The lowest BCUT2D eigenvalue weighted by Crippen LogP contribution is -2.05. The van der Waals surface area contributed by atoms with Crippen molar-refractivity contribution in [3.8, 4) is 23.0 Å². The molecule has 0 heterocycles. The SMILES string of the molecule is COc1ccc(C(=O)/C=C/c2cc(OC)c(OC(F)F)c(OC)c2)cc1Br. The molecule has 0 amide bonds. The molecule has 0 N–H and O–H groups in total. The van der Waals surface area contributed by atoms with E-state index in [1.54, 1.807) is 18.2 Å². The summed E-state index contributed by atoms with van der Waals surface area (Å²) in [5, 5.41) is 0. The average molecular weight is 443 g/mol. The van der Waals surface area contributed by atoms with E-state index < -0.39 is 6.61 Å². The first-order chi connectivity index (χ1) is 12.9.